The highest BCUT2D eigenvalue weighted by molar-refractivity contribution is 5.96. The Hall–Kier alpha value is -1.35. The van der Waals surface area contributed by atoms with Gasteiger partial charge >= 0.3 is 0 Å². The minimum Gasteiger partial charge on any atom is -0.352 e. The molecule has 2 atom stereocenters. The van der Waals surface area contributed by atoms with E-state index in [9.17, 15) is 4.79 Å². The molecule has 0 aromatic heterocycles. The first kappa shape index (κ1) is 13.1. The number of amides is 1. The number of fused-ring (bicyclic) bond motifs is 1. The Labute approximate surface area is 109 Å². The maximum absolute atomic E-state index is 11.8. The Kier molecular flexibility index (Phi) is 4.02. The molecule has 2 unspecified atom stereocenters. The number of benzene rings is 1. The van der Waals surface area contributed by atoms with Crippen molar-refractivity contribution in [1.29, 1.82) is 0 Å². The first-order valence-electron chi connectivity index (χ1n) is 6.78. The molecule has 1 aromatic carbocycles. The molecule has 0 saturated carbocycles. The molecule has 1 aliphatic heterocycles. The van der Waals surface area contributed by atoms with E-state index >= 15 is 0 Å². The maximum Gasteiger partial charge on any atom is 0.251 e. The largest absolute Gasteiger partial charge is 0.352 e. The summed E-state index contributed by atoms with van der Waals surface area (Å²) >= 11 is 0. The van der Waals surface area contributed by atoms with Gasteiger partial charge in [-0.05, 0) is 36.0 Å². The summed E-state index contributed by atoms with van der Waals surface area (Å²) in [5.74, 6) is 0.652. The van der Waals surface area contributed by atoms with Crippen LogP contribution < -0.4 is 11.1 Å². The Balaban J connectivity index is 2.19. The lowest BCUT2D eigenvalue weighted by Gasteiger charge is -2.20. The van der Waals surface area contributed by atoms with E-state index in [1.807, 2.05) is 6.07 Å². The van der Waals surface area contributed by atoms with Crippen molar-refractivity contribution in [3.8, 4) is 0 Å². The standard InChI is InChI=1S/C15H22N2O/c1-3-10(2)8-14(16)12-5-4-11-6-7-17-15(18)13(11)9-12/h4-5,9-10,14H,3,6-8,16H2,1-2H3,(H,17,18). The molecule has 0 fully saturated rings. The van der Waals surface area contributed by atoms with Crippen LogP contribution in [0.25, 0.3) is 0 Å². The molecule has 0 spiro atoms. The monoisotopic (exact) mass is 246 g/mol. The van der Waals surface area contributed by atoms with E-state index in [1.165, 1.54) is 0 Å². The second kappa shape index (κ2) is 5.53. The summed E-state index contributed by atoms with van der Waals surface area (Å²) < 4.78 is 0. The van der Waals surface area contributed by atoms with Gasteiger partial charge in [0, 0.05) is 18.2 Å². The van der Waals surface area contributed by atoms with E-state index in [1.54, 1.807) is 0 Å². The lowest BCUT2D eigenvalue weighted by atomic mass is 9.91. The molecule has 98 valence electrons. The van der Waals surface area contributed by atoms with E-state index in [0.717, 1.165) is 42.5 Å². The van der Waals surface area contributed by atoms with E-state index in [-0.39, 0.29) is 11.9 Å². The van der Waals surface area contributed by atoms with Crippen LogP contribution in [0.5, 0.6) is 0 Å². The topological polar surface area (TPSA) is 55.1 Å². The SMILES string of the molecule is CCC(C)CC(N)c1ccc2c(c1)C(=O)NCC2. The molecule has 1 aromatic rings. The van der Waals surface area contributed by atoms with E-state index < -0.39 is 0 Å². The zero-order chi connectivity index (χ0) is 13.1. The Morgan fingerprint density at radius 1 is 1.44 bits per heavy atom. The van der Waals surface area contributed by atoms with E-state index in [0.29, 0.717) is 5.92 Å². The van der Waals surface area contributed by atoms with Gasteiger partial charge in [0.1, 0.15) is 0 Å². The first-order chi connectivity index (χ1) is 8.61. The van der Waals surface area contributed by atoms with Gasteiger partial charge in [-0.1, -0.05) is 32.4 Å². The van der Waals surface area contributed by atoms with Crippen molar-refractivity contribution < 1.29 is 4.79 Å². The highest BCUT2D eigenvalue weighted by Gasteiger charge is 2.18. The fourth-order valence-electron chi connectivity index (χ4n) is 2.40. The van der Waals surface area contributed by atoms with Crippen LogP contribution in [0.1, 0.15) is 54.2 Å². The molecule has 3 heteroatoms. The average Bonchev–Trinajstić information content (AvgIpc) is 2.38. The minimum atomic E-state index is 0.0278. The van der Waals surface area contributed by atoms with Gasteiger partial charge in [-0.2, -0.15) is 0 Å². The van der Waals surface area contributed by atoms with E-state index in [2.05, 4.69) is 31.3 Å². The van der Waals surface area contributed by atoms with Crippen LogP contribution in [-0.4, -0.2) is 12.5 Å². The van der Waals surface area contributed by atoms with Gasteiger partial charge in [0.25, 0.3) is 5.91 Å². The molecule has 1 amide bonds. The van der Waals surface area contributed by atoms with Crippen molar-refractivity contribution in [2.24, 2.45) is 11.7 Å². The lowest BCUT2D eigenvalue weighted by Crippen LogP contribution is -2.32. The van der Waals surface area contributed by atoms with Crippen molar-refractivity contribution in [3.05, 3.63) is 34.9 Å². The van der Waals surface area contributed by atoms with Crippen molar-refractivity contribution in [1.82, 2.24) is 5.32 Å². The normalized spacial score (nSPS) is 17.8. The Bertz CT molecular complexity index is 442. The number of hydrogen-bond acceptors (Lipinski definition) is 2. The smallest absolute Gasteiger partial charge is 0.251 e. The number of hydrogen-bond donors (Lipinski definition) is 2. The molecule has 1 aliphatic rings. The number of rotatable bonds is 4. The first-order valence-corrected chi connectivity index (χ1v) is 6.78. The van der Waals surface area contributed by atoms with Crippen LogP contribution in [0, 0.1) is 5.92 Å². The third-order valence-electron chi connectivity index (χ3n) is 3.84. The lowest BCUT2D eigenvalue weighted by molar-refractivity contribution is 0.0946. The number of nitrogens with two attached hydrogens (primary N) is 1. The zero-order valence-electron chi connectivity index (χ0n) is 11.2. The molecule has 3 nitrogen and oxygen atoms in total. The van der Waals surface area contributed by atoms with Gasteiger partial charge in [-0.15, -0.1) is 0 Å². The van der Waals surface area contributed by atoms with Crippen LogP contribution in [0.15, 0.2) is 18.2 Å². The van der Waals surface area contributed by atoms with E-state index in [4.69, 9.17) is 5.73 Å². The summed E-state index contributed by atoms with van der Waals surface area (Å²) in [6.07, 6.45) is 3.03. The molecule has 18 heavy (non-hydrogen) atoms. The van der Waals surface area contributed by atoms with Crippen molar-refractivity contribution in [2.75, 3.05) is 6.54 Å². The van der Waals surface area contributed by atoms with Crippen LogP contribution in [0.4, 0.5) is 0 Å². The summed E-state index contributed by atoms with van der Waals surface area (Å²) in [5, 5.41) is 2.88. The highest BCUT2D eigenvalue weighted by atomic mass is 16.1. The van der Waals surface area contributed by atoms with Crippen molar-refractivity contribution in [2.45, 2.75) is 39.2 Å². The third kappa shape index (κ3) is 2.72. The molecule has 0 radical (unpaired) electrons. The summed E-state index contributed by atoms with van der Waals surface area (Å²) in [7, 11) is 0. The predicted octanol–water partition coefficient (Wildman–Crippen LogP) is 2.41. The van der Waals surface area contributed by atoms with Gasteiger partial charge in [-0.3, -0.25) is 4.79 Å². The molecule has 0 saturated heterocycles. The molecular formula is C15H22N2O. The van der Waals surface area contributed by atoms with Crippen LogP contribution >= 0.6 is 0 Å². The predicted molar refractivity (Wildman–Crippen MR) is 73.5 cm³/mol. The van der Waals surface area contributed by atoms with Crippen LogP contribution in [0.3, 0.4) is 0 Å². The maximum atomic E-state index is 11.8. The molecule has 0 aliphatic carbocycles. The third-order valence-corrected chi connectivity index (χ3v) is 3.84. The van der Waals surface area contributed by atoms with Gasteiger partial charge in [-0.25, -0.2) is 0 Å². The Morgan fingerprint density at radius 2 is 2.22 bits per heavy atom. The number of carbonyl (C=O) groups excluding carboxylic acids is 1. The summed E-state index contributed by atoms with van der Waals surface area (Å²) in [6.45, 7) is 5.13. The second-order valence-electron chi connectivity index (χ2n) is 5.28. The number of nitrogens with one attached hydrogen (secondary N) is 1. The highest BCUT2D eigenvalue weighted by Crippen LogP contribution is 2.24. The average molecular weight is 246 g/mol. The molecule has 3 N–H and O–H groups in total. The van der Waals surface area contributed by atoms with Crippen LogP contribution in [0.2, 0.25) is 0 Å². The molecule has 1 heterocycles. The second-order valence-corrected chi connectivity index (χ2v) is 5.28. The summed E-state index contributed by atoms with van der Waals surface area (Å²) in [5.41, 5.74) is 9.23. The van der Waals surface area contributed by atoms with Crippen molar-refractivity contribution in [3.63, 3.8) is 0 Å². The summed E-state index contributed by atoms with van der Waals surface area (Å²) in [4.78, 5) is 11.8. The quantitative estimate of drug-likeness (QED) is 0.857. The molecular weight excluding hydrogens is 224 g/mol. The van der Waals surface area contributed by atoms with Crippen molar-refractivity contribution >= 4 is 5.91 Å². The Morgan fingerprint density at radius 3 is 2.94 bits per heavy atom. The molecule has 0 bridgehead atoms. The fraction of sp³-hybridized carbons (Fsp3) is 0.533. The van der Waals surface area contributed by atoms with Gasteiger partial charge in [0.2, 0.25) is 0 Å². The number of carbonyl (C=O) groups is 1. The van der Waals surface area contributed by atoms with Gasteiger partial charge < -0.3 is 11.1 Å². The zero-order valence-corrected chi connectivity index (χ0v) is 11.2. The van der Waals surface area contributed by atoms with Crippen LogP contribution in [-0.2, 0) is 6.42 Å². The van der Waals surface area contributed by atoms with Gasteiger partial charge in [0.05, 0.1) is 0 Å². The summed E-state index contributed by atoms with van der Waals surface area (Å²) in [6, 6.07) is 6.13. The fourth-order valence-corrected chi connectivity index (χ4v) is 2.40. The minimum absolute atomic E-state index is 0.0278. The van der Waals surface area contributed by atoms with Gasteiger partial charge in [0.15, 0.2) is 0 Å². The molecule has 2 rings (SSSR count).